The number of anilines is 1. The molecule has 2 heterocycles. The number of nitrogens with zero attached hydrogens (tertiary/aromatic N) is 2. The number of carbonyl (C=O) groups is 1. The van der Waals surface area contributed by atoms with Crippen molar-refractivity contribution >= 4 is 11.9 Å². The van der Waals surface area contributed by atoms with Gasteiger partial charge in [-0.25, -0.2) is 9.59 Å². The first kappa shape index (κ1) is 16.2. The molecule has 1 aliphatic rings. The van der Waals surface area contributed by atoms with Gasteiger partial charge in [-0.3, -0.25) is 4.57 Å². The third kappa shape index (κ3) is 3.17. The van der Waals surface area contributed by atoms with Gasteiger partial charge in [-0.05, 0) is 0 Å². The average molecular weight is 316 g/mol. The second kappa shape index (κ2) is 6.70. The Labute approximate surface area is 124 Å². The number of carbonyl (C=O) groups excluding carboxylic acids is 1. The summed E-state index contributed by atoms with van der Waals surface area (Å²) in [6, 6.07) is 1.30. The van der Waals surface area contributed by atoms with E-state index in [9.17, 15) is 19.8 Å². The van der Waals surface area contributed by atoms with E-state index >= 15 is 0 Å². The van der Waals surface area contributed by atoms with Gasteiger partial charge in [0.1, 0.15) is 18.3 Å². The minimum atomic E-state index is -1.39. The highest BCUT2D eigenvalue weighted by molar-refractivity contribution is 5.67. The largest absolute Gasteiger partial charge is 0.431 e. The maximum Gasteiger partial charge on any atom is 0.431 e. The van der Waals surface area contributed by atoms with E-state index in [0.29, 0.717) is 0 Å². The molecule has 2 unspecified atom stereocenters. The van der Waals surface area contributed by atoms with Gasteiger partial charge >= 0.3 is 11.8 Å². The number of nitrogens with one attached hydrogen (secondary N) is 2. The molecule has 0 bridgehead atoms. The van der Waals surface area contributed by atoms with Crippen LogP contribution in [0.25, 0.3) is 0 Å². The van der Waals surface area contributed by atoms with Crippen molar-refractivity contribution in [1.82, 2.24) is 14.9 Å². The third-order valence-corrected chi connectivity index (χ3v) is 3.07. The minimum absolute atomic E-state index is 0.0309. The van der Waals surface area contributed by atoms with Crippen LogP contribution in [0.2, 0.25) is 0 Å². The summed E-state index contributed by atoms with van der Waals surface area (Å²) < 4.78 is 6.17. The molecule has 1 fully saturated rings. The predicted molar refractivity (Wildman–Crippen MR) is 70.7 cm³/mol. The van der Waals surface area contributed by atoms with E-state index in [-0.39, 0.29) is 5.82 Å². The van der Waals surface area contributed by atoms with E-state index in [1.807, 2.05) is 0 Å². The van der Waals surface area contributed by atoms with Crippen LogP contribution in [0.4, 0.5) is 10.6 Å². The summed E-state index contributed by atoms with van der Waals surface area (Å²) >= 11 is 0. The van der Waals surface area contributed by atoms with Gasteiger partial charge in [-0.1, -0.05) is 0 Å². The monoisotopic (exact) mass is 316 g/mol. The van der Waals surface area contributed by atoms with Crippen molar-refractivity contribution in [3.8, 4) is 0 Å². The molecule has 0 aromatic carbocycles. The second-order valence-electron chi connectivity index (χ2n) is 4.47. The van der Waals surface area contributed by atoms with Crippen molar-refractivity contribution < 1.29 is 29.7 Å². The van der Waals surface area contributed by atoms with Gasteiger partial charge in [0.2, 0.25) is 0 Å². The molecule has 1 saturated heterocycles. The van der Waals surface area contributed by atoms with Crippen LogP contribution in [-0.4, -0.2) is 62.9 Å². The number of amides is 1. The molecule has 0 aliphatic carbocycles. The van der Waals surface area contributed by atoms with Gasteiger partial charge in [0.05, 0.1) is 6.61 Å². The van der Waals surface area contributed by atoms with E-state index in [4.69, 9.17) is 9.84 Å². The Balaban J connectivity index is 2.13. The van der Waals surface area contributed by atoms with Crippen molar-refractivity contribution in [3.63, 3.8) is 0 Å². The van der Waals surface area contributed by atoms with Gasteiger partial charge in [0, 0.05) is 19.3 Å². The number of aliphatic hydroxyl groups excluding tert-OH is 3. The molecule has 0 radical (unpaired) electrons. The Morgan fingerprint density at radius 1 is 1.50 bits per heavy atom. The molecule has 4 atom stereocenters. The van der Waals surface area contributed by atoms with Crippen LogP contribution in [0.1, 0.15) is 6.23 Å². The van der Waals surface area contributed by atoms with Crippen molar-refractivity contribution in [2.24, 2.45) is 0 Å². The molecule has 122 valence electrons. The van der Waals surface area contributed by atoms with Crippen molar-refractivity contribution in [2.75, 3.05) is 19.1 Å². The fourth-order valence-electron chi connectivity index (χ4n) is 1.92. The first-order valence-corrected chi connectivity index (χ1v) is 6.34. The molecule has 1 aromatic rings. The van der Waals surface area contributed by atoms with Crippen LogP contribution in [0.15, 0.2) is 17.1 Å². The van der Waals surface area contributed by atoms with E-state index in [1.54, 1.807) is 0 Å². The van der Waals surface area contributed by atoms with Crippen LogP contribution in [0.5, 0.6) is 0 Å². The molecule has 2 rings (SSSR count). The zero-order valence-electron chi connectivity index (χ0n) is 11.5. The Morgan fingerprint density at radius 2 is 2.23 bits per heavy atom. The molecule has 0 saturated carbocycles. The predicted octanol–water partition coefficient (Wildman–Crippen LogP) is -2.46. The quantitative estimate of drug-likeness (QED) is 0.380. The van der Waals surface area contributed by atoms with E-state index < -0.39 is 42.9 Å². The highest BCUT2D eigenvalue weighted by atomic mass is 16.7. The van der Waals surface area contributed by atoms with Crippen molar-refractivity contribution in [1.29, 1.82) is 0 Å². The van der Waals surface area contributed by atoms with Crippen LogP contribution >= 0.6 is 0 Å². The summed E-state index contributed by atoms with van der Waals surface area (Å²) in [5.41, 5.74) is 1.36. The van der Waals surface area contributed by atoms with Gasteiger partial charge < -0.3 is 30.2 Å². The second-order valence-corrected chi connectivity index (χ2v) is 4.47. The molecule has 5 N–H and O–H groups in total. The number of aliphatic hydroxyl groups is 3. The van der Waals surface area contributed by atoms with Gasteiger partial charge in [-0.2, -0.15) is 10.5 Å². The first-order valence-electron chi connectivity index (χ1n) is 6.34. The zero-order chi connectivity index (χ0) is 16.3. The number of aromatic nitrogens is 2. The minimum Gasteiger partial charge on any atom is -0.394 e. The Hall–Kier alpha value is -2.21. The summed E-state index contributed by atoms with van der Waals surface area (Å²) in [6.07, 6.45) is -4.42. The van der Waals surface area contributed by atoms with Gasteiger partial charge in [0.15, 0.2) is 12.0 Å². The van der Waals surface area contributed by atoms with E-state index in [0.717, 1.165) is 4.57 Å². The number of hydrogen-bond acceptors (Lipinski definition) is 9. The lowest BCUT2D eigenvalue weighted by atomic mass is 10.1. The van der Waals surface area contributed by atoms with Crippen LogP contribution in [-0.2, 0) is 9.57 Å². The molecule has 0 spiro atoms. The normalized spacial score (nSPS) is 27.5. The Morgan fingerprint density at radius 3 is 2.77 bits per heavy atom. The van der Waals surface area contributed by atoms with Crippen molar-refractivity contribution in [2.45, 2.75) is 24.5 Å². The van der Waals surface area contributed by atoms with Crippen LogP contribution in [0, 0.1) is 0 Å². The Kier molecular flexibility index (Phi) is 4.92. The number of hydrogen-bond donors (Lipinski definition) is 5. The van der Waals surface area contributed by atoms with Crippen LogP contribution in [0.3, 0.4) is 0 Å². The topological polar surface area (TPSA) is 155 Å². The van der Waals surface area contributed by atoms with Crippen molar-refractivity contribution in [3.05, 3.63) is 22.7 Å². The van der Waals surface area contributed by atoms with Crippen LogP contribution < -0.4 is 16.5 Å². The molecule has 11 nitrogen and oxygen atoms in total. The highest BCUT2D eigenvalue weighted by Gasteiger charge is 2.43. The van der Waals surface area contributed by atoms with Gasteiger partial charge in [-0.15, -0.1) is 0 Å². The smallest absolute Gasteiger partial charge is 0.394 e. The van der Waals surface area contributed by atoms with Gasteiger partial charge in [0.25, 0.3) is 0 Å². The lowest BCUT2D eigenvalue weighted by Gasteiger charge is -2.17. The number of rotatable bonds is 4. The fraction of sp³-hybridized carbons (Fsp3) is 0.545. The molecular weight excluding hydrogens is 300 g/mol. The summed E-state index contributed by atoms with van der Waals surface area (Å²) in [5.74, 6) is -0.0309. The molecule has 1 aliphatic heterocycles. The Bertz CT molecular complexity index is 592. The summed E-state index contributed by atoms with van der Waals surface area (Å²) in [6.45, 7) is -0.503. The highest BCUT2D eigenvalue weighted by Crippen LogP contribution is 2.28. The fourth-order valence-corrected chi connectivity index (χ4v) is 1.92. The first-order chi connectivity index (χ1) is 10.5. The molecular formula is C11H16N4O7. The molecule has 22 heavy (non-hydrogen) atoms. The summed E-state index contributed by atoms with van der Waals surface area (Å²) in [7, 11) is 1.36. The van der Waals surface area contributed by atoms with E-state index in [2.05, 4.69) is 20.6 Å². The zero-order valence-corrected chi connectivity index (χ0v) is 11.5. The van der Waals surface area contributed by atoms with E-state index in [1.165, 1.54) is 19.3 Å². The number of ether oxygens (including phenoxy) is 1. The molecule has 1 aromatic heterocycles. The summed E-state index contributed by atoms with van der Waals surface area (Å²) in [4.78, 5) is 30.9. The standard InChI is InChI=1S/C11H16N4O7/c1-12-11(20)22-14-6-2-3-15(10(19)13-6)9-8(18)7(17)5(4-16)21-9/h2-3,5,7-9,16-18H,4H2,1H3,(H,12,20)(H,13,14,19)/t5-,7?,8?,9-/m1/s1. The average Bonchev–Trinajstić information content (AvgIpc) is 2.80. The maximum absolute atomic E-state index is 11.9. The lowest BCUT2D eigenvalue weighted by Crippen LogP contribution is -2.36. The lowest BCUT2D eigenvalue weighted by molar-refractivity contribution is -0.0549. The SMILES string of the molecule is CNC(=O)ONc1ccn([C@@H]2O[C@H](CO)C(O)C2O)c(=O)n1. The third-order valence-electron chi connectivity index (χ3n) is 3.07. The molecule has 1 amide bonds. The summed E-state index contributed by atoms with van der Waals surface area (Å²) in [5, 5.41) is 30.7. The molecule has 11 heteroatoms. The maximum atomic E-state index is 11.9.